The number of hydrogen-bond donors (Lipinski definition) is 1. The van der Waals surface area contributed by atoms with E-state index in [2.05, 4.69) is 4.98 Å². The Labute approximate surface area is 142 Å². The Bertz CT molecular complexity index is 952. The number of fused-ring (bicyclic) bond motifs is 1. The van der Waals surface area contributed by atoms with Crippen LogP contribution in [0.25, 0.3) is 5.52 Å². The Morgan fingerprint density at radius 1 is 1.29 bits per heavy atom. The third-order valence-electron chi connectivity index (χ3n) is 3.96. The molecule has 0 amide bonds. The smallest absolute Gasteiger partial charge is 0.356 e. The van der Waals surface area contributed by atoms with E-state index in [1.807, 2.05) is 0 Å². The third kappa shape index (κ3) is 2.73. The summed E-state index contributed by atoms with van der Waals surface area (Å²) in [5.74, 6) is -1.14. The Kier molecular flexibility index (Phi) is 4.00. The quantitative estimate of drug-likeness (QED) is 0.805. The van der Waals surface area contributed by atoms with Gasteiger partial charge < -0.3 is 10.0 Å². The lowest BCUT2D eigenvalue weighted by atomic mass is 10.1. The number of nitrogens with zero attached hydrogens (tertiary/aromatic N) is 3. The average molecular weight is 372 g/mol. The first-order valence-corrected chi connectivity index (χ1v) is 9.30. The van der Waals surface area contributed by atoms with E-state index in [0.717, 1.165) is 0 Å². The van der Waals surface area contributed by atoms with Crippen molar-refractivity contribution in [3.63, 3.8) is 0 Å². The lowest BCUT2D eigenvalue weighted by molar-refractivity contribution is 0.0693. The molecule has 128 valence electrons. The van der Waals surface area contributed by atoms with Gasteiger partial charge >= 0.3 is 5.97 Å². The molecule has 24 heavy (non-hydrogen) atoms. The van der Waals surface area contributed by atoms with Gasteiger partial charge in [-0.1, -0.05) is 11.6 Å². The predicted octanol–water partition coefficient (Wildman–Crippen LogP) is 1.12. The number of hydrogen-bond acceptors (Lipinski definition) is 6. The van der Waals surface area contributed by atoms with E-state index in [9.17, 15) is 23.1 Å². The summed E-state index contributed by atoms with van der Waals surface area (Å²) in [6, 6.07) is 1.41. The predicted molar refractivity (Wildman–Crippen MR) is 88.0 cm³/mol. The molecule has 0 atom stereocenters. The molecule has 0 bridgehead atoms. The normalized spacial score (nSPS) is 17.2. The molecule has 1 saturated heterocycles. The summed E-state index contributed by atoms with van der Waals surface area (Å²) in [4.78, 5) is 29.0. The first-order valence-electron chi connectivity index (χ1n) is 7.10. The molecule has 0 spiro atoms. The maximum absolute atomic E-state index is 12.0. The van der Waals surface area contributed by atoms with Crippen LogP contribution in [0.1, 0.15) is 27.8 Å². The summed E-state index contributed by atoms with van der Waals surface area (Å²) in [5.41, 5.74) is 0.250. The summed E-state index contributed by atoms with van der Waals surface area (Å²) >= 11 is 6.16. The van der Waals surface area contributed by atoms with E-state index >= 15 is 0 Å². The summed E-state index contributed by atoms with van der Waals surface area (Å²) in [6.07, 6.45) is 1.29. The fourth-order valence-electron chi connectivity index (χ4n) is 2.79. The lowest BCUT2D eigenvalue weighted by Crippen LogP contribution is -2.41. The minimum Gasteiger partial charge on any atom is -0.476 e. The number of Topliss-reactive ketones (excluding diaryl/α,β-unsaturated/α-hetero) is 1. The van der Waals surface area contributed by atoms with Crippen LogP contribution in [-0.2, 0) is 9.84 Å². The van der Waals surface area contributed by atoms with Gasteiger partial charge in [0.1, 0.15) is 17.7 Å². The largest absolute Gasteiger partial charge is 0.476 e. The fraction of sp³-hybridized carbons (Fsp3) is 0.357. The second-order valence-corrected chi connectivity index (χ2v) is 8.25. The van der Waals surface area contributed by atoms with Crippen LogP contribution in [0.3, 0.4) is 0 Å². The lowest BCUT2D eigenvalue weighted by Gasteiger charge is -2.30. The summed E-state index contributed by atoms with van der Waals surface area (Å²) < 4.78 is 24.7. The molecular formula is C14H14ClN3O5S. The highest BCUT2D eigenvalue weighted by atomic mass is 35.5. The van der Waals surface area contributed by atoms with E-state index in [4.69, 9.17) is 11.6 Å². The zero-order valence-electron chi connectivity index (χ0n) is 12.7. The van der Waals surface area contributed by atoms with Gasteiger partial charge in [-0.15, -0.1) is 0 Å². The van der Waals surface area contributed by atoms with E-state index in [0.29, 0.717) is 11.4 Å². The van der Waals surface area contributed by atoms with Gasteiger partial charge in [-0.3, -0.25) is 9.20 Å². The van der Waals surface area contributed by atoms with Crippen molar-refractivity contribution in [1.82, 2.24) is 9.38 Å². The van der Waals surface area contributed by atoms with Gasteiger partial charge in [-0.2, -0.15) is 0 Å². The third-order valence-corrected chi connectivity index (χ3v) is 5.86. The van der Waals surface area contributed by atoms with Gasteiger partial charge in [0.05, 0.1) is 22.1 Å². The molecule has 1 aliphatic rings. The number of ketones is 1. The highest BCUT2D eigenvalue weighted by Gasteiger charge is 2.28. The van der Waals surface area contributed by atoms with Crippen molar-refractivity contribution in [2.75, 3.05) is 29.5 Å². The van der Waals surface area contributed by atoms with Crippen molar-refractivity contribution in [1.29, 1.82) is 0 Å². The van der Waals surface area contributed by atoms with Crippen LogP contribution in [0.5, 0.6) is 0 Å². The number of halogens is 1. The molecule has 1 fully saturated rings. The summed E-state index contributed by atoms with van der Waals surface area (Å²) in [7, 11) is -3.10. The van der Waals surface area contributed by atoms with Crippen LogP contribution in [0.2, 0.25) is 5.02 Å². The molecule has 2 aromatic heterocycles. The van der Waals surface area contributed by atoms with E-state index in [1.165, 1.54) is 23.7 Å². The standard InChI is InChI=1S/C14H14ClN3O5S/c1-8(19)9-6-10(15)12-11(14(20)21)16-7-18(12)13(9)17-2-4-24(22,23)5-3-17/h6-7H,2-5H2,1H3,(H,20,21). The molecule has 3 heterocycles. The zero-order valence-corrected chi connectivity index (χ0v) is 14.3. The number of carboxylic acid groups (broad SMARTS) is 1. The maximum atomic E-state index is 12.0. The van der Waals surface area contributed by atoms with Crippen molar-refractivity contribution in [2.45, 2.75) is 6.92 Å². The Morgan fingerprint density at radius 2 is 1.92 bits per heavy atom. The second-order valence-electron chi connectivity index (χ2n) is 5.54. The molecule has 1 N–H and O–H groups in total. The fourth-order valence-corrected chi connectivity index (χ4v) is 4.28. The Hall–Kier alpha value is -2.13. The number of aromatic nitrogens is 2. The van der Waals surface area contributed by atoms with Crippen molar-refractivity contribution in [3.8, 4) is 0 Å². The molecule has 0 radical (unpaired) electrons. The molecule has 2 aromatic rings. The van der Waals surface area contributed by atoms with Crippen LogP contribution >= 0.6 is 11.6 Å². The van der Waals surface area contributed by atoms with Gasteiger partial charge in [0.25, 0.3) is 0 Å². The summed E-state index contributed by atoms with van der Waals surface area (Å²) in [5, 5.41) is 9.35. The first-order chi connectivity index (χ1) is 11.2. The van der Waals surface area contributed by atoms with Gasteiger partial charge in [0, 0.05) is 13.1 Å². The number of anilines is 1. The molecular weight excluding hydrogens is 358 g/mol. The number of carbonyl (C=O) groups excluding carboxylic acids is 1. The highest BCUT2D eigenvalue weighted by molar-refractivity contribution is 7.91. The molecule has 3 rings (SSSR count). The summed E-state index contributed by atoms with van der Waals surface area (Å²) in [6.45, 7) is 1.79. The number of pyridine rings is 1. The van der Waals surface area contributed by atoms with Crippen LogP contribution < -0.4 is 4.90 Å². The highest BCUT2D eigenvalue weighted by Crippen LogP contribution is 2.32. The minimum atomic E-state index is -3.10. The monoisotopic (exact) mass is 371 g/mol. The van der Waals surface area contributed by atoms with E-state index < -0.39 is 15.8 Å². The van der Waals surface area contributed by atoms with E-state index in [-0.39, 0.29) is 46.6 Å². The molecule has 0 aliphatic carbocycles. The van der Waals surface area contributed by atoms with Crippen LogP contribution in [0, 0.1) is 0 Å². The molecule has 1 aliphatic heterocycles. The molecule has 8 nitrogen and oxygen atoms in total. The molecule has 0 aromatic carbocycles. The van der Waals surface area contributed by atoms with Crippen molar-refractivity contribution >= 4 is 44.5 Å². The average Bonchev–Trinajstić information content (AvgIpc) is 2.93. The number of imidazole rings is 1. The molecule has 10 heteroatoms. The Morgan fingerprint density at radius 3 is 2.46 bits per heavy atom. The second kappa shape index (κ2) is 5.75. The first kappa shape index (κ1) is 16.7. The van der Waals surface area contributed by atoms with Crippen LogP contribution in [-0.4, -0.2) is 59.3 Å². The van der Waals surface area contributed by atoms with Gasteiger partial charge in [-0.25, -0.2) is 18.2 Å². The molecule has 0 unspecified atom stereocenters. The number of rotatable bonds is 3. The number of carbonyl (C=O) groups is 2. The Balaban J connectivity index is 2.25. The van der Waals surface area contributed by atoms with Crippen molar-refractivity contribution < 1.29 is 23.1 Å². The minimum absolute atomic E-state index is 0.0328. The number of sulfone groups is 1. The van der Waals surface area contributed by atoms with Gasteiger partial charge in [-0.05, 0) is 13.0 Å². The molecule has 0 saturated carbocycles. The number of aromatic carboxylic acids is 1. The van der Waals surface area contributed by atoms with Crippen molar-refractivity contribution in [3.05, 3.63) is 28.7 Å². The number of carboxylic acids is 1. The van der Waals surface area contributed by atoms with Gasteiger partial charge in [0.15, 0.2) is 21.3 Å². The maximum Gasteiger partial charge on any atom is 0.356 e. The van der Waals surface area contributed by atoms with Gasteiger partial charge in [0.2, 0.25) is 0 Å². The van der Waals surface area contributed by atoms with E-state index in [1.54, 1.807) is 4.90 Å². The van der Waals surface area contributed by atoms with Crippen LogP contribution in [0.15, 0.2) is 12.4 Å². The SMILES string of the molecule is CC(=O)c1cc(Cl)c2c(C(=O)O)ncn2c1N1CCS(=O)(=O)CC1. The topological polar surface area (TPSA) is 109 Å². The van der Waals surface area contributed by atoms with Crippen molar-refractivity contribution in [2.24, 2.45) is 0 Å². The van der Waals surface area contributed by atoms with Crippen LogP contribution in [0.4, 0.5) is 5.82 Å². The zero-order chi connectivity index (χ0) is 17.6.